The van der Waals surface area contributed by atoms with Crippen LogP contribution in [0.2, 0.25) is 5.02 Å². The lowest BCUT2D eigenvalue weighted by Gasteiger charge is -2.10. The highest BCUT2D eigenvalue weighted by molar-refractivity contribution is 6.32. The Hall–Kier alpha value is -2.60. The standard InChI is InChI=1S/C15H12ClN3O3/c1-21-10-6-5-9(8-11(10)22-2)14-13(16)15(20)19-12(18-14)4-3-7-17-19/h3-8H,1-2H3. The number of rotatable bonds is 3. The highest BCUT2D eigenvalue weighted by Crippen LogP contribution is 2.33. The maximum Gasteiger partial charge on any atom is 0.293 e. The number of aromatic nitrogens is 3. The SMILES string of the molecule is COc1ccc(-c2nc3cccnn3c(=O)c2Cl)cc1OC. The Kier molecular flexibility index (Phi) is 3.68. The molecule has 112 valence electrons. The van der Waals surface area contributed by atoms with Crippen molar-refractivity contribution >= 4 is 17.2 Å². The van der Waals surface area contributed by atoms with E-state index in [0.29, 0.717) is 28.4 Å². The number of hydrogen-bond acceptors (Lipinski definition) is 5. The first kappa shape index (κ1) is 14.3. The molecule has 2 aromatic heterocycles. The first-order valence-corrected chi connectivity index (χ1v) is 6.79. The summed E-state index contributed by atoms with van der Waals surface area (Å²) < 4.78 is 11.6. The highest BCUT2D eigenvalue weighted by atomic mass is 35.5. The van der Waals surface area contributed by atoms with Crippen LogP contribution in [0.5, 0.6) is 11.5 Å². The fourth-order valence-electron chi connectivity index (χ4n) is 2.14. The molecule has 7 heteroatoms. The Morgan fingerprint density at radius 1 is 1.14 bits per heavy atom. The molecule has 0 aliphatic carbocycles. The minimum Gasteiger partial charge on any atom is -0.493 e. The van der Waals surface area contributed by atoms with Crippen molar-refractivity contribution in [2.45, 2.75) is 0 Å². The van der Waals surface area contributed by atoms with Gasteiger partial charge in [-0.3, -0.25) is 4.79 Å². The van der Waals surface area contributed by atoms with E-state index in [1.165, 1.54) is 13.3 Å². The molecule has 0 N–H and O–H groups in total. The van der Waals surface area contributed by atoms with Gasteiger partial charge in [-0.1, -0.05) is 11.6 Å². The summed E-state index contributed by atoms with van der Waals surface area (Å²) in [4.78, 5) is 16.7. The van der Waals surface area contributed by atoms with E-state index in [1.807, 2.05) is 0 Å². The van der Waals surface area contributed by atoms with E-state index in [4.69, 9.17) is 21.1 Å². The normalized spacial score (nSPS) is 10.7. The fraction of sp³-hybridized carbons (Fsp3) is 0.133. The molecule has 0 fully saturated rings. The van der Waals surface area contributed by atoms with Gasteiger partial charge in [-0.25, -0.2) is 4.98 Å². The lowest BCUT2D eigenvalue weighted by atomic mass is 10.1. The van der Waals surface area contributed by atoms with Crippen LogP contribution in [0.1, 0.15) is 0 Å². The molecule has 0 saturated carbocycles. The van der Waals surface area contributed by atoms with Crippen molar-refractivity contribution in [3.8, 4) is 22.8 Å². The Balaban J connectivity index is 2.26. The van der Waals surface area contributed by atoms with Crippen molar-refractivity contribution in [2.24, 2.45) is 0 Å². The summed E-state index contributed by atoms with van der Waals surface area (Å²) in [5, 5.41) is 3.95. The van der Waals surface area contributed by atoms with Crippen molar-refractivity contribution in [3.05, 3.63) is 51.9 Å². The minimum atomic E-state index is -0.419. The van der Waals surface area contributed by atoms with Crippen LogP contribution >= 0.6 is 11.6 Å². The summed E-state index contributed by atoms with van der Waals surface area (Å²) in [6, 6.07) is 8.61. The predicted octanol–water partition coefficient (Wildman–Crippen LogP) is 2.43. The molecular formula is C15H12ClN3O3. The molecule has 0 aliphatic rings. The van der Waals surface area contributed by atoms with Crippen molar-refractivity contribution in [1.82, 2.24) is 14.6 Å². The Labute approximate surface area is 130 Å². The van der Waals surface area contributed by atoms with Gasteiger partial charge in [0.2, 0.25) is 0 Å². The maximum atomic E-state index is 12.3. The smallest absolute Gasteiger partial charge is 0.293 e. The molecule has 22 heavy (non-hydrogen) atoms. The summed E-state index contributed by atoms with van der Waals surface area (Å²) in [5.41, 5.74) is 1.03. The molecule has 2 heterocycles. The number of hydrogen-bond donors (Lipinski definition) is 0. The molecule has 0 saturated heterocycles. The van der Waals surface area contributed by atoms with Gasteiger partial charge in [0.15, 0.2) is 17.1 Å². The summed E-state index contributed by atoms with van der Waals surface area (Å²) in [7, 11) is 3.09. The predicted molar refractivity (Wildman–Crippen MR) is 82.8 cm³/mol. The minimum absolute atomic E-state index is 0.00317. The van der Waals surface area contributed by atoms with Gasteiger partial charge in [-0.05, 0) is 30.3 Å². The highest BCUT2D eigenvalue weighted by Gasteiger charge is 2.15. The maximum absolute atomic E-state index is 12.3. The molecule has 3 aromatic rings. The molecule has 0 bridgehead atoms. The topological polar surface area (TPSA) is 65.7 Å². The van der Waals surface area contributed by atoms with Crippen molar-refractivity contribution < 1.29 is 9.47 Å². The van der Waals surface area contributed by atoms with Crippen LogP contribution in [0.3, 0.4) is 0 Å². The van der Waals surface area contributed by atoms with E-state index >= 15 is 0 Å². The van der Waals surface area contributed by atoms with E-state index in [-0.39, 0.29) is 5.02 Å². The molecular weight excluding hydrogens is 306 g/mol. The van der Waals surface area contributed by atoms with Crippen LogP contribution in [0.15, 0.2) is 41.3 Å². The zero-order valence-corrected chi connectivity index (χ0v) is 12.7. The average molecular weight is 318 g/mol. The first-order valence-electron chi connectivity index (χ1n) is 6.41. The molecule has 0 amide bonds. The van der Waals surface area contributed by atoms with Gasteiger partial charge in [0.05, 0.1) is 19.9 Å². The van der Waals surface area contributed by atoms with Crippen LogP contribution in [-0.4, -0.2) is 28.8 Å². The Morgan fingerprint density at radius 2 is 1.91 bits per heavy atom. The molecule has 3 rings (SSSR count). The number of methoxy groups -OCH3 is 2. The molecule has 0 aliphatic heterocycles. The van der Waals surface area contributed by atoms with E-state index in [1.54, 1.807) is 37.4 Å². The van der Waals surface area contributed by atoms with Gasteiger partial charge in [-0.2, -0.15) is 9.61 Å². The van der Waals surface area contributed by atoms with Crippen LogP contribution in [0.4, 0.5) is 0 Å². The number of fused-ring (bicyclic) bond motifs is 1. The Morgan fingerprint density at radius 3 is 2.64 bits per heavy atom. The van der Waals surface area contributed by atoms with Crippen LogP contribution in [-0.2, 0) is 0 Å². The summed E-state index contributed by atoms with van der Waals surface area (Å²) in [6.45, 7) is 0. The third-order valence-corrected chi connectivity index (χ3v) is 3.54. The third-order valence-electron chi connectivity index (χ3n) is 3.20. The van der Waals surface area contributed by atoms with Gasteiger partial charge in [-0.15, -0.1) is 0 Å². The quantitative estimate of drug-likeness (QED) is 0.742. The van der Waals surface area contributed by atoms with Gasteiger partial charge in [0.1, 0.15) is 5.02 Å². The van der Waals surface area contributed by atoms with Crippen LogP contribution < -0.4 is 15.0 Å². The third kappa shape index (κ3) is 2.27. The molecule has 1 aromatic carbocycles. The summed E-state index contributed by atoms with van der Waals surface area (Å²) in [6.07, 6.45) is 1.50. The lowest BCUT2D eigenvalue weighted by Crippen LogP contribution is -2.18. The van der Waals surface area contributed by atoms with E-state index in [0.717, 1.165) is 4.52 Å². The largest absolute Gasteiger partial charge is 0.493 e. The van der Waals surface area contributed by atoms with E-state index in [2.05, 4.69) is 10.1 Å². The van der Waals surface area contributed by atoms with Gasteiger partial charge < -0.3 is 9.47 Å². The summed E-state index contributed by atoms with van der Waals surface area (Å²) in [5.74, 6) is 1.12. The molecule has 6 nitrogen and oxygen atoms in total. The zero-order chi connectivity index (χ0) is 15.7. The number of benzene rings is 1. The zero-order valence-electron chi connectivity index (χ0n) is 11.9. The second-order valence-electron chi connectivity index (χ2n) is 4.44. The second-order valence-corrected chi connectivity index (χ2v) is 4.82. The molecule has 0 radical (unpaired) electrons. The lowest BCUT2D eigenvalue weighted by molar-refractivity contribution is 0.355. The van der Waals surface area contributed by atoms with Gasteiger partial charge in [0.25, 0.3) is 5.56 Å². The van der Waals surface area contributed by atoms with Crippen molar-refractivity contribution in [3.63, 3.8) is 0 Å². The molecule has 0 atom stereocenters. The molecule has 0 unspecified atom stereocenters. The van der Waals surface area contributed by atoms with E-state index < -0.39 is 5.56 Å². The summed E-state index contributed by atoms with van der Waals surface area (Å²) >= 11 is 6.17. The van der Waals surface area contributed by atoms with Crippen LogP contribution in [0, 0.1) is 0 Å². The Bertz CT molecular complexity index is 908. The second kappa shape index (κ2) is 5.65. The van der Waals surface area contributed by atoms with Crippen LogP contribution in [0.25, 0.3) is 16.9 Å². The van der Waals surface area contributed by atoms with Gasteiger partial charge in [0, 0.05) is 11.8 Å². The average Bonchev–Trinajstić information content (AvgIpc) is 2.57. The first-order chi connectivity index (χ1) is 10.7. The fourth-order valence-corrected chi connectivity index (χ4v) is 2.37. The van der Waals surface area contributed by atoms with E-state index in [9.17, 15) is 4.79 Å². The van der Waals surface area contributed by atoms with Crippen molar-refractivity contribution in [1.29, 1.82) is 0 Å². The molecule has 0 spiro atoms. The monoisotopic (exact) mass is 317 g/mol. The number of nitrogens with zero attached hydrogens (tertiary/aromatic N) is 3. The van der Waals surface area contributed by atoms with Crippen molar-refractivity contribution in [2.75, 3.05) is 14.2 Å². The number of halogens is 1. The van der Waals surface area contributed by atoms with Gasteiger partial charge >= 0.3 is 0 Å². The number of ether oxygens (including phenoxy) is 2.